The lowest BCUT2D eigenvalue weighted by Crippen LogP contribution is -2.19. The molecule has 3 aromatic rings. The van der Waals surface area contributed by atoms with Crippen molar-refractivity contribution in [3.63, 3.8) is 0 Å². The molecule has 154 valence electrons. The van der Waals surface area contributed by atoms with E-state index >= 15 is 0 Å². The number of carbonyl (C=O) groups is 1. The highest BCUT2D eigenvalue weighted by atomic mass is 32.2. The lowest BCUT2D eigenvalue weighted by Gasteiger charge is -2.15. The van der Waals surface area contributed by atoms with Crippen LogP contribution in [0.15, 0.2) is 75.0 Å². The molecule has 9 heteroatoms. The molecule has 0 fully saturated rings. The van der Waals surface area contributed by atoms with Gasteiger partial charge in [0.2, 0.25) is 4.34 Å². The third kappa shape index (κ3) is 6.72. The predicted octanol–water partition coefficient (Wildman–Crippen LogP) is 3.29. The number of thioether (sulfide) groups is 2. The van der Waals surface area contributed by atoms with Crippen LogP contribution in [0.2, 0.25) is 0 Å². The Morgan fingerprint density at radius 3 is 2.87 bits per heavy atom. The average molecular weight is 457 g/mol. The molecule has 2 aromatic carbocycles. The van der Waals surface area contributed by atoms with Crippen LogP contribution in [0.25, 0.3) is 0 Å². The number of nitrogens with zero attached hydrogens (tertiary/aromatic N) is 2. The summed E-state index contributed by atoms with van der Waals surface area (Å²) >= 11 is 4.52. The van der Waals surface area contributed by atoms with Crippen molar-refractivity contribution in [2.45, 2.75) is 20.9 Å². The largest absolute Gasteiger partial charge is 0.872 e. The van der Waals surface area contributed by atoms with E-state index in [1.54, 1.807) is 36.0 Å². The number of hydrazone groups is 1. The van der Waals surface area contributed by atoms with Crippen molar-refractivity contribution in [1.82, 2.24) is 10.5 Å². The number of allylic oxidation sites excluding steroid dienone is 1. The number of H-pyrrole nitrogens is 1. The van der Waals surface area contributed by atoms with Crippen molar-refractivity contribution in [1.29, 1.82) is 0 Å². The molecule has 0 aliphatic heterocycles. The highest BCUT2D eigenvalue weighted by Crippen LogP contribution is 2.28. The van der Waals surface area contributed by atoms with Crippen LogP contribution in [-0.4, -0.2) is 23.0 Å². The van der Waals surface area contributed by atoms with E-state index in [0.29, 0.717) is 17.5 Å². The Balaban J connectivity index is 1.44. The molecule has 0 radical (unpaired) electrons. The number of aromatic nitrogens is 2. The summed E-state index contributed by atoms with van der Waals surface area (Å²) in [6.07, 6.45) is 3.55. The summed E-state index contributed by atoms with van der Waals surface area (Å²) in [4.78, 5) is 12.0. The fourth-order valence-electron chi connectivity index (χ4n) is 2.42. The Morgan fingerprint density at radius 2 is 2.07 bits per heavy atom. The smallest absolute Gasteiger partial charge is 0.323 e. The summed E-state index contributed by atoms with van der Waals surface area (Å²) in [5.74, 6) is 0.666. The monoisotopic (exact) mass is 456 g/mol. The molecule has 0 bridgehead atoms. The van der Waals surface area contributed by atoms with Gasteiger partial charge in [0.15, 0.2) is 0 Å². The van der Waals surface area contributed by atoms with Crippen LogP contribution in [-0.2, 0) is 17.0 Å². The number of amides is 1. The standard InChI is InChI=1S/C21H20N4O2S3/c1-2-7-16-10-6-11-17(19(16)27)12-22-23-18(26)14-29-21-25-24-20(30-21)28-13-15-8-4-3-5-9-15/h2-6,8-12,27H,1,7,13-14H2,(H,23,26)/b22-12+. The second-order valence-corrected chi connectivity index (χ2v) is 9.53. The van der Waals surface area contributed by atoms with Gasteiger partial charge in [-0.2, -0.15) is 5.10 Å². The minimum atomic E-state index is -0.264. The van der Waals surface area contributed by atoms with Crippen LogP contribution < -0.4 is 15.6 Å². The number of para-hydroxylation sites is 1. The number of benzene rings is 2. The first-order chi connectivity index (χ1) is 14.7. The summed E-state index contributed by atoms with van der Waals surface area (Å²) in [6.45, 7) is 3.64. The van der Waals surface area contributed by atoms with Gasteiger partial charge in [0.25, 0.3) is 5.91 Å². The predicted molar refractivity (Wildman–Crippen MR) is 121 cm³/mol. The zero-order valence-electron chi connectivity index (χ0n) is 16.0. The average Bonchev–Trinajstić information content (AvgIpc) is 3.22. The highest BCUT2D eigenvalue weighted by Gasteiger charge is 2.13. The van der Waals surface area contributed by atoms with Gasteiger partial charge in [-0.25, -0.2) is 5.43 Å². The molecule has 1 heterocycles. The van der Waals surface area contributed by atoms with Gasteiger partial charge >= 0.3 is 4.34 Å². The van der Waals surface area contributed by atoms with E-state index in [2.05, 4.69) is 39.4 Å². The van der Waals surface area contributed by atoms with Crippen molar-refractivity contribution in [3.8, 4) is 5.75 Å². The summed E-state index contributed by atoms with van der Waals surface area (Å²) in [5, 5.41) is 23.3. The molecule has 3 rings (SSSR count). The van der Waals surface area contributed by atoms with E-state index in [0.717, 1.165) is 14.4 Å². The number of hydrogen-bond acceptors (Lipinski definition) is 7. The molecular formula is C21H20N4O2S3. The van der Waals surface area contributed by atoms with E-state index in [1.165, 1.54) is 34.9 Å². The van der Waals surface area contributed by atoms with Crippen LogP contribution in [0.5, 0.6) is 5.75 Å². The molecule has 0 aliphatic rings. The molecular weight excluding hydrogens is 436 g/mol. The number of carbonyl (C=O) groups excluding carboxylic acids is 1. The lowest BCUT2D eigenvalue weighted by atomic mass is 10.1. The minimum Gasteiger partial charge on any atom is -0.872 e. The molecule has 1 amide bonds. The molecule has 0 atom stereocenters. The zero-order valence-corrected chi connectivity index (χ0v) is 18.5. The van der Waals surface area contributed by atoms with E-state index in [1.807, 2.05) is 18.2 Å². The Kier molecular flexibility index (Phi) is 8.49. The van der Waals surface area contributed by atoms with Gasteiger partial charge in [-0.15, -0.1) is 6.58 Å². The van der Waals surface area contributed by atoms with Crippen molar-refractivity contribution >= 4 is 47.0 Å². The lowest BCUT2D eigenvalue weighted by molar-refractivity contribution is -0.492. The maximum Gasteiger partial charge on any atom is 0.323 e. The molecule has 0 aliphatic carbocycles. The first-order valence-corrected chi connectivity index (χ1v) is 11.8. The Bertz CT molecular complexity index is 1020. The van der Waals surface area contributed by atoms with Gasteiger partial charge in [0.1, 0.15) is 0 Å². The van der Waals surface area contributed by atoms with E-state index in [4.69, 9.17) is 0 Å². The molecule has 0 saturated carbocycles. The van der Waals surface area contributed by atoms with E-state index in [-0.39, 0.29) is 17.4 Å². The minimum absolute atomic E-state index is 0.108. The summed E-state index contributed by atoms with van der Waals surface area (Å²) < 4.78 is 1.77. The van der Waals surface area contributed by atoms with Crippen molar-refractivity contribution in [2.75, 3.05) is 5.75 Å². The molecule has 2 N–H and O–H groups in total. The van der Waals surface area contributed by atoms with Gasteiger partial charge < -0.3 is 5.11 Å². The quantitative estimate of drug-likeness (QED) is 0.219. The highest BCUT2D eigenvalue weighted by molar-refractivity contribution is 8.03. The maximum absolute atomic E-state index is 12.2. The zero-order chi connectivity index (χ0) is 21.2. The van der Waals surface area contributed by atoms with Crippen molar-refractivity contribution in [3.05, 3.63) is 77.9 Å². The Labute approximate surface area is 187 Å². The number of hydrogen-bond donors (Lipinski definition) is 1. The molecule has 0 unspecified atom stereocenters. The fourth-order valence-corrected chi connectivity index (χ4v) is 5.26. The van der Waals surface area contributed by atoms with E-state index in [9.17, 15) is 9.90 Å². The molecule has 6 nitrogen and oxygen atoms in total. The summed E-state index contributed by atoms with van der Waals surface area (Å²) in [5.41, 5.74) is 4.77. The Hall–Kier alpha value is -2.62. The fraction of sp³-hybridized carbons (Fsp3) is 0.143. The van der Waals surface area contributed by atoms with Crippen molar-refractivity contribution < 1.29 is 15.0 Å². The molecule has 0 spiro atoms. The van der Waals surface area contributed by atoms with Crippen molar-refractivity contribution in [2.24, 2.45) is 5.10 Å². The van der Waals surface area contributed by atoms with Crippen LogP contribution in [0.3, 0.4) is 0 Å². The molecule has 30 heavy (non-hydrogen) atoms. The number of aromatic amines is 1. The molecule has 0 saturated heterocycles. The summed E-state index contributed by atoms with van der Waals surface area (Å²) in [6, 6.07) is 15.4. The first kappa shape index (κ1) is 22.1. The number of rotatable bonds is 10. The van der Waals surface area contributed by atoms with Crippen LogP contribution in [0.1, 0.15) is 16.7 Å². The van der Waals surface area contributed by atoms with Gasteiger partial charge in [-0.3, -0.25) is 4.79 Å². The second kappa shape index (κ2) is 11.5. The topological polar surface area (TPSA) is 91.6 Å². The van der Waals surface area contributed by atoms with Crippen LogP contribution >= 0.6 is 34.9 Å². The SMILES string of the molecule is C=CCc1cccc(/C=N/NC(=O)CSc2n[nH+]c(SCc3ccccc3)s2)c1[O-]. The summed E-state index contributed by atoms with van der Waals surface area (Å²) in [7, 11) is 0. The first-order valence-electron chi connectivity index (χ1n) is 9.05. The number of nitrogens with one attached hydrogen (secondary N) is 2. The van der Waals surface area contributed by atoms with Crippen LogP contribution in [0, 0.1) is 0 Å². The van der Waals surface area contributed by atoms with Gasteiger partial charge in [0.05, 0.1) is 12.0 Å². The second-order valence-electron chi connectivity index (χ2n) is 6.06. The van der Waals surface area contributed by atoms with E-state index < -0.39 is 0 Å². The van der Waals surface area contributed by atoms with Gasteiger partial charge in [-0.05, 0) is 40.6 Å². The maximum atomic E-state index is 12.2. The van der Waals surface area contributed by atoms with Gasteiger partial charge in [-0.1, -0.05) is 82.8 Å². The third-order valence-electron chi connectivity index (χ3n) is 3.84. The van der Waals surface area contributed by atoms with Crippen LogP contribution in [0.4, 0.5) is 0 Å². The van der Waals surface area contributed by atoms with Gasteiger partial charge in [0, 0.05) is 10.9 Å². The molecule has 1 aromatic heterocycles. The Morgan fingerprint density at radius 1 is 1.23 bits per heavy atom. The third-order valence-corrected chi connectivity index (χ3v) is 7.17. The normalized spacial score (nSPS) is 10.9.